The lowest BCUT2D eigenvalue weighted by Gasteiger charge is -2.14. The third-order valence-corrected chi connectivity index (χ3v) is 3.70. The number of benzene rings is 3. The number of ether oxygens (including phenoxy) is 2. The van der Waals surface area contributed by atoms with Gasteiger partial charge in [0.25, 0.3) is 0 Å². The van der Waals surface area contributed by atoms with Crippen LogP contribution in [0.5, 0.6) is 11.5 Å². The van der Waals surface area contributed by atoms with Gasteiger partial charge in [-0.1, -0.05) is 48.5 Å². The van der Waals surface area contributed by atoms with E-state index in [4.69, 9.17) is 10.00 Å². The molecule has 6 heteroatoms. The zero-order valence-electron chi connectivity index (χ0n) is 14.0. The van der Waals surface area contributed by atoms with Crippen molar-refractivity contribution >= 4 is 0 Å². The molecular formula is C21H14F3NO2. The highest BCUT2D eigenvalue weighted by atomic mass is 19.4. The molecule has 0 saturated carbocycles. The van der Waals surface area contributed by atoms with Gasteiger partial charge in [0.05, 0.1) is 11.6 Å². The third-order valence-electron chi connectivity index (χ3n) is 3.70. The molecule has 3 rings (SSSR count). The molecule has 0 bridgehead atoms. The van der Waals surface area contributed by atoms with Crippen LogP contribution in [-0.4, -0.2) is 6.36 Å². The summed E-state index contributed by atoms with van der Waals surface area (Å²) >= 11 is 0. The summed E-state index contributed by atoms with van der Waals surface area (Å²) < 4.78 is 47.5. The van der Waals surface area contributed by atoms with Crippen LogP contribution in [0.25, 0.3) is 11.1 Å². The Morgan fingerprint density at radius 2 is 1.59 bits per heavy atom. The lowest BCUT2D eigenvalue weighted by molar-refractivity contribution is -0.274. The van der Waals surface area contributed by atoms with Crippen molar-refractivity contribution < 1.29 is 22.6 Å². The van der Waals surface area contributed by atoms with Crippen LogP contribution in [0.4, 0.5) is 13.2 Å². The molecule has 0 aliphatic carbocycles. The number of halogens is 3. The highest BCUT2D eigenvalue weighted by Gasteiger charge is 2.31. The van der Waals surface area contributed by atoms with E-state index in [2.05, 4.69) is 4.74 Å². The number of hydrogen-bond acceptors (Lipinski definition) is 3. The van der Waals surface area contributed by atoms with Crippen LogP contribution in [0.1, 0.15) is 11.1 Å². The maximum atomic E-state index is 12.6. The molecule has 27 heavy (non-hydrogen) atoms. The molecule has 0 N–H and O–H groups in total. The van der Waals surface area contributed by atoms with Gasteiger partial charge < -0.3 is 9.47 Å². The van der Waals surface area contributed by atoms with Gasteiger partial charge in [0, 0.05) is 5.56 Å². The van der Waals surface area contributed by atoms with Crippen molar-refractivity contribution in [1.82, 2.24) is 0 Å². The molecule has 0 aromatic heterocycles. The SMILES string of the molecule is N#Cc1cc(OC(F)(F)F)cc(-c2ccccc2OCc2ccccc2)c1. The van der Waals surface area contributed by atoms with Crippen LogP contribution in [0.2, 0.25) is 0 Å². The minimum Gasteiger partial charge on any atom is -0.488 e. The van der Waals surface area contributed by atoms with Gasteiger partial charge in [-0.15, -0.1) is 13.2 Å². The Morgan fingerprint density at radius 3 is 2.30 bits per heavy atom. The van der Waals surface area contributed by atoms with Crippen molar-refractivity contribution in [2.45, 2.75) is 13.0 Å². The molecule has 0 atom stereocenters. The van der Waals surface area contributed by atoms with E-state index in [1.807, 2.05) is 36.4 Å². The Kier molecular flexibility index (Phi) is 5.32. The number of nitriles is 1. The molecular weight excluding hydrogens is 355 g/mol. The number of alkyl halides is 3. The van der Waals surface area contributed by atoms with Gasteiger partial charge in [-0.25, -0.2) is 0 Å². The number of para-hydroxylation sites is 1. The van der Waals surface area contributed by atoms with Crippen LogP contribution in [-0.2, 0) is 6.61 Å². The first-order valence-corrected chi connectivity index (χ1v) is 8.02. The summed E-state index contributed by atoms with van der Waals surface area (Å²) in [5.74, 6) is 0.0452. The summed E-state index contributed by atoms with van der Waals surface area (Å²) in [7, 11) is 0. The van der Waals surface area contributed by atoms with Gasteiger partial charge in [0.15, 0.2) is 0 Å². The van der Waals surface area contributed by atoms with Crippen molar-refractivity contribution in [2.75, 3.05) is 0 Å². The molecule has 3 nitrogen and oxygen atoms in total. The Morgan fingerprint density at radius 1 is 0.889 bits per heavy atom. The van der Waals surface area contributed by atoms with Crippen molar-refractivity contribution in [1.29, 1.82) is 5.26 Å². The zero-order valence-corrected chi connectivity index (χ0v) is 14.0. The van der Waals surface area contributed by atoms with Gasteiger partial charge in [-0.2, -0.15) is 5.26 Å². The molecule has 3 aromatic rings. The monoisotopic (exact) mass is 369 g/mol. The van der Waals surface area contributed by atoms with Crippen LogP contribution >= 0.6 is 0 Å². The summed E-state index contributed by atoms with van der Waals surface area (Å²) in [5, 5.41) is 9.14. The normalized spacial score (nSPS) is 10.9. The smallest absolute Gasteiger partial charge is 0.488 e. The molecule has 0 saturated heterocycles. The maximum Gasteiger partial charge on any atom is 0.573 e. The summed E-state index contributed by atoms with van der Waals surface area (Å²) in [6.07, 6.45) is -4.84. The second kappa shape index (κ2) is 7.83. The first-order valence-electron chi connectivity index (χ1n) is 8.02. The van der Waals surface area contributed by atoms with Gasteiger partial charge in [-0.3, -0.25) is 0 Å². The molecule has 0 aliphatic rings. The fourth-order valence-corrected chi connectivity index (χ4v) is 2.58. The Labute approximate surface area is 154 Å². The highest BCUT2D eigenvalue weighted by molar-refractivity contribution is 5.73. The molecule has 0 amide bonds. The largest absolute Gasteiger partial charge is 0.573 e. The summed E-state index contributed by atoms with van der Waals surface area (Å²) in [5.41, 5.74) is 1.98. The van der Waals surface area contributed by atoms with Crippen LogP contribution in [0, 0.1) is 11.3 Å². The van der Waals surface area contributed by atoms with Crippen molar-refractivity contribution in [3.63, 3.8) is 0 Å². The van der Waals surface area contributed by atoms with E-state index in [9.17, 15) is 13.2 Å². The van der Waals surface area contributed by atoms with E-state index in [0.717, 1.165) is 11.6 Å². The van der Waals surface area contributed by atoms with E-state index in [-0.39, 0.29) is 5.56 Å². The predicted octanol–water partition coefficient (Wildman–Crippen LogP) is 5.70. The second-order valence-corrected chi connectivity index (χ2v) is 5.68. The Hall–Kier alpha value is -3.46. The Bertz CT molecular complexity index is 963. The first kappa shape index (κ1) is 18.3. The molecule has 0 unspecified atom stereocenters. The fraction of sp³-hybridized carbons (Fsp3) is 0.0952. The summed E-state index contributed by atoms with van der Waals surface area (Å²) in [6, 6.07) is 22.1. The van der Waals surface area contributed by atoms with E-state index in [1.165, 1.54) is 12.1 Å². The van der Waals surface area contributed by atoms with E-state index >= 15 is 0 Å². The first-order chi connectivity index (χ1) is 12.9. The average Bonchev–Trinajstić information content (AvgIpc) is 2.66. The number of rotatable bonds is 5. The standard InChI is InChI=1S/C21H14F3NO2/c22-21(23,24)27-18-11-16(13-25)10-17(12-18)19-8-4-5-9-20(19)26-14-15-6-2-1-3-7-15/h1-12H,14H2. The molecule has 0 heterocycles. The van der Waals surface area contributed by atoms with Crippen molar-refractivity contribution in [3.8, 4) is 28.7 Å². The van der Waals surface area contributed by atoms with Gasteiger partial charge in [0.1, 0.15) is 18.1 Å². The molecule has 3 aromatic carbocycles. The predicted molar refractivity (Wildman–Crippen MR) is 94.1 cm³/mol. The summed E-state index contributed by atoms with van der Waals surface area (Å²) in [6.45, 7) is 0.307. The number of hydrogen-bond donors (Lipinski definition) is 0. The zero-order chi connectivity index (χ0) is 19.3. The van der Waals surface area contributed by atoms with Gasteiger partial charge >= 0.3 is 6.36 Å². The lowest BCUT2D eigenvalue weighted by Crippen LogP contribution is -2.17. The maximum absolute atomic E-state index is 12.6. The van der Waals surface area contributed by atoms with Crippen LogP contribution in [0.3, 0.4) is 0 Å². The minimum absolute atomic E-state index is 0.0598. The number of nitrogens with zero attached hydrogens (tertiary/aromatic N) is 1. The van der Waals surface area contributed by atoms with E-state index in [0.29, 0.717) is 23.5 Å². The van der Waals surface area contributed by atoms with Gasteiger partial charge in [0.2, 0.25) is 0 Å². The van der Waals surface area contributed by atoms with E-state index in [1.54, 1.807) is 24.3 Å². The average molecular weight is 369 g/mol. The molecule has 0 radical (unpaired) electrons. The van der Waals surface area contributed by atoms with E-state index < -0.39 is 12.1 Å². The third kappa shape index (κ3) is 5.02. The molecule has 0 spiro atoms. The highest BCUT2D eigenvalue weighted by Crippen LogP contribution is 2.35. The topological polar surface area (TPSA) is 42.2 Å². The van der Waals surface area contributed by atoms with Crippen molar-refractivity contribution in [2.24, 2.45) is 0 Å². The van der Waals surface area contributed by atoms with Gasteiger partial charge in [-0.05, 0) is 35.4 Å². The Balaban J connectivity index is 1.94. The molecule has 136 valence electrons. The quantitative estimate of drug-likeness (QED) is 0.579. The fourth-order valence-electron chi connectivity index (χ4n) is 2.58. The molecule has 0 fully saturated rings. The van der Waals surface area contributed by atoms with Crippen LogP contribution in [0.15, 0.2) is 72.8 Å². The van der Waals surface area contributed by atoms with Crippen molar-refractivity contribution in [3.05, 3.63) is 83.9 Å². The lowest BCUT2D eigenvalue weighted by atomic mass is 10.0. The summed E-state index contributed by atoms with van der Waals surface area (Å²) in [4.78, 5) is 0. The van der Waals surface area contributed by atoms with Crippen LogP contribution < -0.4 is 9.47 Å². The molecule has 0 aliphatic heterocycles. The minimum atomic E-state index is -4.84. The second-order valence-electron chi connectivity index (χ2n) is 5.68.